The maximum atomic E-state index is 13.6. The second-order valence-corrected chi connectivity index (χ2v) is 11.5. The molecule has 186 valence electrons. The topological polar surface area (TPSA) is 86.8 Å². The molecule has 0 saturated carbocycles. The number of hydrogen-bond acceptors (Lipinski definition) is 4. The van der Waals surface area contributed by atoms with E-state index >= 15 is 0 Å². The number of halogens is 1. The molecule has 2 aromatic carbocycles. The van der Waals surface area contributed by atoms with Crippen LogP contribution in [0.4, 0.5) is 5.69 Å². The molecule has 2 aromatic rings. The van der Waals surface area contributed by atoms with E-state index in [0.717, 1.165) is 16.1 Å². The summed E-state index contributed by atoms with van der Waals surface area (Å²) in [4.78, 5) is 28.1. The summed E-state index contributed by atoms with van der Waals surface area (Å²) >= 11 is 6.25. The average molecular weight is 508 g/mol. The van der Waals surface area contributed by atoms with Gasteiger partial charge in [-0.05, 0) is 51.3 Å². The van der Waals surface area contributed by atoms with Gasteiger partial charge in [-0.3, -0.25) is 13.9 Å². The van der Waals surface area contributed by atoms with Crippen molar-refractivity contribution in [3.63, 3.8) is 0 Å². The van der Waals surface area contributed by atoms with Gasteiger partial charge in [-0.1, -0.05) is 61.0 Å². The molecule has 2 amide bonds. The standard InChI is InChI=1S/C25H34ClN3O4S/c1-6-21(24(31)27-25(2,3)4)28(17-16-19-12-8-7-9-13-19)23(30)18-29(34(5,32)33)22-15-11-10-14-20(22)26/h7-15,21H,6,16-18H2,1-5H3,(H,27,31)/t21-/m1/s1. The van der Waals surface area contributed by atoms with E-state index in [1.807, 2.05) is 58.0 Å². The number of anilines is 1. The molecule has 0 spiro atoms. The first kappa shape index (κ1) is 27.7. The van der Waals surface area contributed by atoms with Gasteiger partial charge in [-0.25, -0.2) is 8.42 Å². The first-order valence-electron chi connectivity index (χ1n) is 11.2. The third kappa shape index (κ3) is 8.02. The second kappa shape index (κ2) is 11.7. The van der Waals surface area contributed by atoms with Crippen molar-refractivity contribution < 1.29 is 18.0 Å². The fourth-order valence-electron chi connectivity index (χ4n) is 3.60. The molecule has 7 nitrogen and oxygen atoms in total. The van der Waals surface area contributed by atoms with Gasteiger partial charge >= 0.3 is 0 Å². The Balaban J connectivity index is 2.39. The molecule has 34 heavy (non-hydrogen) atoms. The quantitative estimate of drug-likeness (QED) is 0.529. The summed E-state index contributed by atoms with van der Waals surface area (Å²) in [7, 11) is -3.82. The molecule has 1 N–H and O–H groups in total. The summed E-state index contributed by atoms with van der Waals surface area (Å²) < 4.78 is 26.2. The highest BCUT2D eigenvalue weighted by molar-refractivity contribution is 7.92. The molecule has 1 atom stereocenters. The van der Waals surface area contributed by atoms with E-state index in [0.29, 0.717) is 12.8 Å². The summed E-state index contributed by atoms with van der Waals surface area (Å²) in [5.41, 5.74) is 0.752. The minimum Gasteiger partial charge on any atom is -0.350 e. The molecule has 0 aromatic heterocycles. The van der Waals surface area contributed by atoms with Crippen LogP contribution in [-0.2, 0) is 26.0 Å². The van der Waals surface area contributed by atoms with Crippen LogP contribution < -0.4 is 9.62 Å². The van der Waals surface area contributed by atoms with E-state index in [9.17, 15) is 18.0 Å². The Labute approximate surface area is 208 Å². The molecule has 2 rings (SSSR count). The molecule has 9 heteroatoms. The van der Waals surface area contributed by atoms with Gasteiger partial charge in [0.1, 0.15) is 12.6 Å². The first-order chi connectivity index (χ1) is 15.8. The third-order valence-electron chi connectivity index (χ3n) is 5.17. The highest BCUT2D eigenvalue weighted by Crippen LogP contribution is 2.27. The summed E-state index contributed by atoms with van der Waals surface area (Å²) in [6.07, 6.45) is 1.94. The lowest BCUT2D eigenvalue weighted by Crippen LogP contribution is -2.56. The predicted molar refractivity (Wildman–Crippen MR) is 137 cm³/mol. The molecule has 0 aliphatic carbocycles. The number of nitrogens with one attached hydrogen (secondary N) is 1. The molecule has 0 aliphatic rings. The second-order valence-electron chi connectivity index (χ2n) is 9.21. The van der Waals surface area contributed by atoms with Crippen LogP contribution in [0.3, 0.4) is 0 Å². The highest BCUT2D eigenvalue weighted by Gasteiger charge is 2.33. The van der Waals surface area contributed by atoms with E-state index in [1.165, 1.54) is 4.90 Å². The average Bonchev–Trinajstić information content (AvgIpc) is 2.74. The van der Waals surface area contributed by atoms with Gasteiger partial charge < -0.3 is 10.2 Å². The monoisotopic (exact) mass is 507 g/mol. The summed E-state index contributed by atoms with van der Waals surface area (Å²) in [6.45, 7) is 7.25. The summed E-state index contributed by atoms with van der Waals surface area (Å²) in [6, 6.07) is 15.3. The summed E-state index contributed by atoms with van der Waals surface area (Å²) in [5, 5.41) is 3.16. The van der Waals surface area contributed by atoms with Gasteiger partial charge in [0.2, 0.25) is 21.8 Å². The Hall–Kier alpha value is -2.58. The first-order valence-corrected chi connectivity index (χ1v) is 13.4. The van der Waals surface area contributed by atoms with Crippen LogP contribution in [0, 0.1) is 0 Å². The van der Waals surface area contributed by atoms with Crippen LogP contribution >= 0.6 is 11.6 Å². The molecule has 0 bridgehead atoms. The Kier molecular flexibility index (Phi) is 9.53. The molecular formula is C25H34ClN3O4S. The molecule has 0 radical (unpaired) electrons. The van der Waals surface area contributed by atoms with Crippen molar-refractivity contribution in [2.45, 2.75) is 52.1 Å². The number of para-hydroxylation sites is 1. The maximum Gasteiger partial charge on any atom is 0.244 e. The molecule has 0 saturated heterocycles. The number of sulfonamides is 1. The minimum absolute atomic E-state index is 0.217. The van der Waals surface area contributed by atoms with Crippen molar-refractivity contribution in [3.05, 3.63) is 65.2 Å². The number of benzene rings is 2. The number of rotatable bonds is 10. The van der Waals surface area contributed by atoms with Crippen molar-refractivity contribution in [2.75, 3.05) is 23.7 Å². The van der Waals surface area contributed by atoms with Gasteiger partial charge in [0.05, 0.1) is 17.0 Å². The van der Waals surface area contributed by atoms with E-state index < -0.39 is 34.1 Å². The van der Waals surface area contributed by atoms with Crippen LogP contribution in [0.25, 0.3) is 0 Å². The van der Waals surface area contributed by atoms with Crippen molar-refractivity contribution in [1.82, 2.24) is 10.2 Å². The van der Waals surface area contributed by atoms with Gasteiger partial charge in [-0.2, -0.15) is 0 Å². The Morgan fingerprint density at radius 3 is 2.15 bits per heavy atom. The lowest BCUT2D eigenvalue weighted by Gasteiger charge is -2.34. The molecule has 0 fully saturated rings. The predicted octanol–water partition coefficient (Wildman–Crippen LogP) is 3.87. The van der Waals surface area contributed by atoms with Crippen molar-refractivity contribution >= 4 is 39.1 Å². The van der Waals surface area contributed by atoms with Crippen molar-refractivity contribution in [3.8, 4) is 0 Å². The zero-order valence-electron chi connectivity index (χ0n) is 20.4. The highest BCUT2D eigenvalue weighted by atomic mass is 35.5. The SMILES string of the molecule is CC[C@H](C(=O)NC(C)(C)C)N(CCc1ccccc1)C(=O)CN(c1ccccc1Cl)S(C)(=O)=O. The maximum absolute atomic E-state index is 13.6. The van der Waals surface area contributed by atoms with Crippen molar-refractivity contribution in [2.24, 2.45) is 0 Å². The fourth-order valence-corrected chi connectivity index (χ4v) is 4.75. The minimum atomic E-state index is -3.82. The third-order valence-corrected chi connectivity index (χ3v) is 6.61. The van der Waals surface area contributed by atoms with E-state index in [4.69, 9.17) is 11.6 Å². The van der Waals surface area contributed by atoms with Crippen molar-refractivity contribution in [1.29, 1.82) is 0 Å². The van der Waals surface area contributed by atoms with Gasteiger partial charge in [0.25, 0.3) is 0 Å². The van der Waals surface area contributed by atoms with Crippen LogP contribution in [0.2, 0.25) is 5.02 Å². The number of carbonyl (C=O) groups excluding carboxylic acids is 2. The lowest BCUT2D eigenvalue weighted by atomic mass is 10.1. The van der Waals surface area contributed by atoms with Gasteiger partial charge in [0, 0.05) is 12.1 Å². The van der Waals surface area contributed by atoms with Crippen LogP contribution in [0.1, 0.15) is 39.7 Å². The van der Waals surface area contributed by atoms with Crippen LogP contribution in [0.5, 0.6) is 0 Å². The molecular weight excluding hydrogens is 474 g/mol. The number of carbonyl (C=O) groups is 2. The Bertz CT molecular complexity index is 1080. The Morgan fingerprint density at radius 1 is 1.03 bits per heavy atom. The number of amides is 2. The van der Waals surface area contributed by atoms with Crippen LogP contribution in [0.15, 0.2) is 54.6 Å². The molecule has 0 heterocycles. The largest absolute Gasteiger partial charge is 0.350 e. The van der Waals surface area contributed by atoms with Gasteiger partial charge in [-0.15, -0.1) is 0 Å². The summed E-state index contributed by atoms with van der Waals surface area (Å²) in [5.74, 6) is -0.753. The molecule has 0 unspecified atom stereocenters. The van der Waals surface area contributed by atoms with E-state index in [-0.39, 0.29) is 23.2 Å². The number of hydrogen-bond donors (Lipinski definition) is 1. The van der Waals surface area contributed by atoms with Crippen LogP contribution in [-0.4, -0.2) is 56.1 Å². The zero-order valence-corrected chi connectivity index (χ0v) is 22.0. The van der Waals surface area contributed by atoms with E-state index in [1.54, 1.807) is 24.3 Å². The fraction of sp³-hybridized carbons (Fsp3) is 0.440. The zero-order chi connectivity index (χ0) is 25.5. The number of nitrogens with zero attached hydrogens (tertiary/aromatic N) is 2. The normalized spacial score (nSPS) is 12.6. The van der Waals surface area contributed by atoms with E-state index in [2.05, 4.69) is 5.32 Å². The smallest absolute Gasteiger partial charge is 0.244 e. The van der Waals surface area contributed by atoms with Gasteiger partial charge in [0.15, 0.2) is 0 Å². The lowest BCUT2D eigenvalue weighted by molar-refractivity contribution is -0.140. The Morgan fingerprint density at radius 2 is 1.62 bits per heavy atom. The molecule has 0 aliphatic heterocycles.